The zero-order valence-corrected chi connectivity index (χ0v) is 13.8. The summed E-state index contributed by atoms with van der Waals surface area (Å²) in [5.74, 6) is -0.0922. The van der Waals surface area contributed by atoms with Gasteiger partial charge in [0.1, 0.15) is 16.8 Å². The van der Waals surface area contributed by atoms with Crippen LogP contribution in [0.4, 0.5) is 17.2 Å². The van der Waals surface area contributed by atoms with Gasteiger partial charge < -0.3 is 10.6 Å². The number of nitrogens with zero attached hydrogens (tertiary/aromatic N) is 3. The Morgan fingerprint density at radius 1 is 1.30 bits per heavy atom. The average Bonchev–Trinajstić information content (AvgIpc) is 2.49. The number of nitrogens with two attached hydrogens (primary N) is 1. The maximum absolute atomic E-state index is 12.6. The first-order valence-electron chi connectivity index (χ1n) is 6.71. The highest BCUT2D eigenvalue weighted by Crippen LogP contribution is 2.26. The van der Waals surface area contributed by atoms with Crippen LogP contribution < -0.4 is 15.4 Å². The van der Waals surface area contributed by atoms with Crippen molar-refractivity contribution in [3.05, 3.63) is 41.6 Å². The second kappa shape index (κ2) is 6.14. The van der Waals surface area contributed by atoms with E-state index in [-0.39, 0.29) is 22.0 Å². The van der Waals surface area contributed by atoms with E-state index in [1.54, 1.807) is 25.1 Å². The largest absolute Gasteiger partial charge is 0.383 e. The number of aryl methyl sites for hydroxylation is 1. The second-order valence-corrected chi connectivity index (χ2v) is 6.89. The molecule has 0 atom stereocenters. The molecule has 23 heavy (non-hydrogen) atoms. The Morgan fingerprint density at radius 2 is 2.00 bits per heavy atom. The summed E-state index contributed by atoms with van der Waals surface area (Å²) < 4.78 is 27.6. The molecule has 1 heterocycles. The van der Waals surface area contributed by atoms with Gasteiger partial charge in [-0.05, 0) is 36.8 Å². The van der Waals surface area contributed by atoms with Crippen molar-refractivity contribution in [2.75, 3.05) is 29.5 Å². The summed E-state index contributed by atoms with van der Waals surface area (Å²) in [6.45, 7) is 1.72. The normalized spacial score (nSPS) is 10.9. The van der Waals surface area contributed by atoms with E-state index in [0.717, 1.165) is 5.69 Å². The van der Waals surface area contributed by atoms with Crippen LogP contribution in [0, 0.1) is 18.3 Å². The number of rotatable bonds is 4. The summed E-state index contributed by atoms with van der Waals surface area (Å²) in [4.78, 5) is 5.55. The SMILES string of the molecule is Cc1cnc(N)c(S(=O)(=O)Nc2cc(N(C)C)ccc2C#N)c1. The first-order chi connectivity index (χ1) is 10.7. The van der Waals surface area contributed by atoms with Crippen LogP contribution in [0.15, 0.2) is 35.4 Å². The average molecular weight is 331 g/mol. The molecule has 0 unspecified atom stereocenters. The molecule has 1 aromatic heterocycles. The number of nitrogen functional groups attached to an aromatic ring is 1. The number of benzene rings is 1. The second-order valence-electron chi connectivity index (χ2n) is 5.24. The van der Waals surface area contributed by atoms with E-state index in [4.69, 9.17) is 5.73 Å². The summed E-state index contributed by atoms with van der Waals surface area (Å²) in [5, 5.41) is 9.18. The number of sulfonamides is 1. The predicted octanol–water partition coefficient (Wildman–Crippen LogP) is 1.71. The van der Waals surface area contributed by atoms with Gasteiger partial charge in [-0.1, -0.05) is 0 Å². The Morgan fingerprint density at radius 3 is 2.61 bits per heavy atom. The van der Waals surface area contributed by atoms with E-state index in [2.05, 4.69) is 9.71 Å². The Bertz CT molecular complexity index is 885. The fourth-order valence-corrected chi connectivity index (χ4v) is 3.20. The lowest BCUT2D eigenvalue weighted by molar-refractivity contribution is 0.601. The summed E-state index contributed by atoms with van der Waals surface area (Å²) >= 11 is 0. The van der Waals surface area contributed by atoms with Gasteiger partial charge in [-0.25, -0.2) is 13.4 Å². The van der Waals surface area contributed by atoms with E-state index in [9.17, 15) is 13.7 Å². The molecule has 0 radical (unpaired) electrons. The molecular weight excluding hydrogens is 314 g/mol. The molecule has 120 valence electrons. The molecular formula is C15H17N5O2S. The number of pyridine rings is 1. The zero-order valence-electron chi connectivity index (χ0n) is 13.0. The van der Waals surface area contributed by atoms with Gasteiger partial charge in [0.15, 0.2) is 0 Å². The van der Waals surface area contributed by atoms with Crippen molar-refractivity contribution in [2.24, 2.45) is 0 Å². The van der Waals surface area contributed by atoms with Gasteiger partial charge in [0, 0.05) is 26.0 Å². The third-order valence-electron chi connectivity index (χ3n) is 3.19. The standard InChI is InChI=1S/C15H17N5O2S/c1-10-6-14(15(17)18-9-10)23(21,22)19-13-7-12(20(2)3)5-4-11(13)8-16/h4-7,9,19H,1-3H3,(H2,17,18). The maximum Gasteiger partial charge on any atom is 0.265 e. The molecule has 1 aromatic carbocycles. The predicted molar refractivity (Wildman–Crippen MR) is 89.7 cm³/mol. The molecule has 0 amide bonds. The van der Waals surface area contributed by atoms with Gasteiger partial charge in [-0.3, -0.25) is 4.72 Å². The van der Waals surface area contributed by atoms with Gasteiger partial charge >= 0.3 is 0 Å². The molecule has 0 aliphatic heterocycles. The molecule has 0 fully saturated rings. The number of anilines is 3. The van der Waals surface area contributed by atoms with Crippen LogP contribution in [-0.4, -0.2) is 27.5 Å². The molecule has 7 nitrogen and oxygen atoms in total. The van der Waals surface area contributed by atoms with Crippen LogP contribution in [-0.2, 0) is 10.0 Å². The summed E-state index contributed by atoms with van der Waals surface area (Å²) in [6, 6.07) is 8.29. The number of hydrogen-bond donors (Lipinski definition) is 2. The quantitative estimate of drug-likeness (QED) is 0.882. The minimum atomic E-state index is -3.95. The van der Waals surface area contributed by atoms with Crippen LogP contribution in [0.2, 0.25) is 0 Å². The van der Waals surface area contributed by atoms with E-state index in [1.807, 2.05) is 25.1 Å². The van der Waals surface area contributed by atoms with E-state index >= 15 is 0 Å². The highest BCUT2D eigenvalue weighted by atomic mass is 32.2. The third-order valence-corrected chi connectivity index (χ3v) is 4.59. The minimum absolute atomic E-state index is 0.0922. The first-order valence-corrected chi connectivity index (χ1v) is 8.19. The van der Waals surface area contributed by atoms with Crippen molar-refractivity contribution in [3.8, 4) is 6.07 Å². The fourth-order valence-electron chi connectivity index (χ4n) is 1.96. The van der Waals surface area contributed by atoms with Crippen LogP contribution in [0.1, 0.15) is 11.1 Å². The minimum Gasteiger partial charge on any atom is -0.383 e. The monoisotopic (exact) mass is 331 g/mol. The van der Waals surface area contributed by atoms with Gasteiger partial charge in [-0.2, -0.15) is 5.26 Å². The van der Waals surface area contributed by atoms with Gasteiger partial charge in [-0.15, -0.1) is 0 Å². The van der Waals surface area contributed by atoms with Crippen molar-refractivity contribution in [3.63, 3.8) is 0 Å². The Kier molecular flexibility index (Phi) is 4.43. The number of aromatic nitrogens is 1. The van der Waals surface area contributed by atoms with Gasteiger partial charge in [0.25, 0.3) is 10.0 Å². The fraction of sp³-hybridized carbons (Fsp3) is 0.200. The maximum atomic E-state index is 12.6. The summed E-state index contributed by atoms with van der Waals surface area (Å²) in [7, 11) is -0.306. The first kappa shape index (κ1) is 16.6. The van der Waals surface area contributed by atoms with Gasteiger partial charge in [0.2, 0.25) is 0 Å². The number of nitrogens with one attached hydrogen (secondary N) is 1. The van der Waals surface area contributed by atoms with Crippen LogP contribution in [0.5, 0.6) is 0 Å². The lowest BCUT2D eigenvalue weighted by Crippen LogP contribution is -2.17. The topological polar surface area (TPSA) is 112 Å². The lowest BCUT2D eigenvalue weighted by Gasteiger charge is -2.16. The highest BCUT2D eigenvalue weighted by molar-refractivity contribution is 7.92. The van der Waals surface area contributed by atoms with E-state index < -0.39 is 10.0 Å². The van der Waals surface area contributed by atoms with Crippen LogP contribution >= 0.6 is 0 Å². The van der Waals surface area contributed by atoms with Gasteiger partial charge in [0.05, 0.1) is 11.3 Å². The Balaban J connectivity index is 2.51. The molecule has 8 heteroatoms. The van der Waals surface area contributed by atoms with Crippen molar-refractivity contribution in [2.45, 2.75) is 11.8 Å². The molecule has 0 bridgehead atoms. The van der Waals surface area contributed by atoms with Crippen LogP contribution in [0.3, 0.4) is 0 Å². The third kappa shape index (κ3) is 3.52. The van der Waals surface area contributed by atoms with E-state index in [0.29, 0.717) is 5.56 Å². The molecule has 0 spiro atoms. The number of nitriles is 1. The summed E-state index contributed by atoms with van der Waals surface area (Å²) in [5.41, 5.74) is 7.52. The van der Waals surface area contributed by atoms with Crippen LogP contribution in [0.25, 0.3) is 0 Å². The summed E-state index contributed by atoms with van der Waals surface area (Å²) in [6.07, 6.45) is 1.49. The zero-order chi connectivity index (χ0) is 17.2. The van der Waals surface area contributed by atoms with Crippen molar-refractivity contribution >= 4 is 27.2 Å². The Labute approximate surface area is 135 Å². The molecule has 0 aliphatic rings. The van der Waals surface area contributed by atoms with Crippen molar-refractivity contribution < 1.29 is 8.42 Å². The molecule has 2 rings (SSSR count). The highest BCUT2D eigenvalue weighted by Gasteiger charge is 2.20. The smallest absolute Gasteiger partial charge is 0.265 e. The lowest BCUT2D eigenvalue weighted by atomic mass is 10.2. The van der Waals surface area contributed by atoms with Crippen molar-refractivity contribution in [1.82, 2.24) is 4.98 Å². The van der Waals surface area contributed by atoms with Crippen molar-refractivity contribution in [1.29, 1.82) is 5.26 Å². The molecule has 0 saturated heterocycles. The molecule has 0 saturated carbocycles. The molecule has 2 aromatic rings. The molecule has 0 aliphatic carbocycles. The Hall–Kier alpha value is -2.79. The van der Waals surface area contributed by atoms with E-state index in [1.165, 1.54) is 12.3 Å². The molecule has 3 N–H and O–H groups in total. The number of hydrogen-bond acceptors (Lipinski definition) is 6.